The van der Waals surface area contributed by atoms with E-state index in [1.807, 2.05) is 7.05 Å². The molecule has 0 aliphatic carbocycles. The molecule has 1 fully saturated rings. The van der Waals surface area contributed by atoms with E-state index >= 15 is 0 Å². The van der Waals surface area contributed by atoms with E-state index in [9.17, 15) is 13.2 Å². The van der Waals surface area contributed by atoms with Crippen LogP contribution in [0.3, 0.4) is 0 Å². The molecule has 1 aromatic heterocycles. The average Bonchev–Trinajstić information content (AvgIpc) is 2.78. The molecule has 1 aromatic carbocycles. The average molecular weight is 298 g/mol. The molecule has 0 bridgehead atoms. The highest BCUT2D eigenvalue weighted by Gasteiger charge is 2.29. The van der Waals surface area contributed by atoms with E-state index < -0.39 is 15.8 Å². The maximum Gasteiger partial charge on any atom is 0.417 e. The molecule has 0 spiro atoms. The fourth-order valence-electron chi connectivity index (χ4n) is 2.34. The number of fused-ring (bicyclic) bond motifs is 1. The zero-order chi connectivity index (χ0) is 14.3. The standard InChI is InChI=1S/C12H15N3O4S/c1-14-4-6-15(7-5-14)20(17,18)9-2-3-10-11(8-9)19-12(16)13-10/h2-3,8H,4-7H2,1H3,(H,13,16)/p+1. The minimum absolute atomic E-state index is 0.160. The highest BCUT2D eigenvalue weighted by Crippen LogP contribution is 2.20. The first-order valence-electron chi connectivity index (χ1n) is 6.41. The van der Waals surface area contributed by atoms with Crippen LogP contribution in [0.25, 0.3) is 11.1 Å². The van der Waals surface area contributed by atoms with Crippen LogP contribution in [0, 0.1) is 0 Å². The number of quaternary nitrogens is 1. The van der Waals surface area contributed by atoms with Crippen molar-refractivity contribution >= 4 is 21.1 Å². The SMILES string of the molecule is C[NH+]1CCN(S(=O)(=O)c2ccc3[nH]c(=O)oc3c2)CC1. The van der Waals surface area contributed by atoms with Crippen molar-refractivity contribution in [2.45, 2.75) is 4.90 Å². The van der Waals surface area contributed by atoms with Gasteiger partial charge in [0, 0.05) is 6.07 Å². The van der Waals surface area contributed by atoms with Gasteiger partial charge in [-0.25, -0.2) is 13.2 Å². The third kappa shape index (κ3) is 2.26. The van der Waals surface area contributed by atoms with Crippen LogP contribution in [-0.4, -0.2) is 50.9 Å². The van der Waals surface area contributed by atoms with Crippen LogP contribution in [0.15, 0.2) is 32.3 Å². The highest BCUT2D eigenvalue weighted by molar-refractivity contribution is 7.89. The molecular weight excluding hydrogens is 282 g/mol. The molecule has 0 unspecified atom stereocenters. The number of oxazole rings is 1. The van der Waals surface area contributed by atoms with Crippen LogP contribution in [-0.2, 0) is 10.0 Å². The van der Waals surface area contributed by atoms with Gasteiger partial charge >= 0.3 is 5.76 Å². The van der Waals surface area contributed by atoms with Gasteiger partial charge in [-0.1, -0.05) is 0 Å². The molecule has 2 N–H and O–H groups in total. The van der Waals surface area contributed by atoms with Gasteiger partial charge in [-0.3, -0.25) is 4.98 Å². The molecule has 0 radical (unpaired) electrons. The molecule has 2 aromatic rings. The summed E-state index contributed by atoms with van der Waals surface area (Å²) in [5.41, 5.74) is 0.757. The Balaban J connectivity index is 1.98. The Hall–Kier alpha value is -1.64. The van der Waals surface area contributed by atoms with Crippen LogP contribution in [0.1, 0.15) is 0 Å². The van der Waals surface area contributed by atoms with Crippen molar-refractivity contribution in [3.8, 4) is 0 Å². The normalized spacial score (nSPS) is 18.6. The number of rotatable bonds is 2. The van der Waals surface area contributed by atoms with E-state index in [0.717, 1.165) is 13.1 Å². The maximum absolute atomic E-state index is 12.5. The Kier molecular flexibility index (Phi) is 3.15. The minimum atomic E-state index is -3.52. The minimum Gasteiger partial charge on any atom is -0.408 e. The summed E-state index contributed by atoms with van der Waals surface area (Å²) < 4.78 is 31.5. The number of hydrogen-bond donors (Lipinski definition) is 2. The van der Waals surface area contributed by atoms with E-state index in [0.29, 0.717) is 18.6 Å². The third-order valence-corrected chi connectivity index (χ3v) is 5.50. The number of piperazine rings is 1. The van der Waals surface area contributed by atoms with Crippen LogP contribution in [0.2, 0.25) is 0 Å². The molecule has 2 heterocycles. The van der Waals surface area contributed by atoms with Crippen molar-refractivity contribution in [2.75, 3.05) is 33.2 Å². The second kappa shape index (κ2) is 4.72. The third-order valence-electron chi connectivity index (χ3n) is 3.61. The molecule has 1 saturated heterocycles. The number of H-pyrrole nitrogens is 1. The lowest BCUT2D eigenvalue weighted by Gasteiger charge is -2.29. The second-order valence-electron chi connectivity index (χ2n) is 5.03. The molecule has 8 heteroatoms. The van der Waals surface area contributed by atoms with Gasteiger partial charge in [0.15, 0.2) is 5.58 Å². The first-order valence-corrected chi connectivity index (χ1v) is 7.85. The smallest absolute Gasteiger partial charge is 0.408 e. The molecule has 0 amide bonds. The Bertz CT molecular complexity index is 784. The highest BCUT2D eigenvalue weighted by atomic mass is 32.2. The summed E-state index contributed by atoms with van der Waals surface area (Å²) in [6, 6.07) is 4.44. The van der Waals surface area contributed by atoms with E-state index in [2.05, 4.69) is 4.98 Å². The molecule has 108 valence electrons. The largest absolute Gasteiger partial charge is 0.417 e. The summed E-state index contributed by atoms with van der Waals surface area (Å²) in [6.07, 6.45) is 0. The fourth-order valence-corrected chi connectivity index (χ4v) is 3.80. The van der Waals surface area contributed by atoms with Crippen molar-refractivity contribution in [1.82, 2.24) is 9.29 Å². The molecule has 7 nitrogen and oxygen atoms in total. The molecule has 20 heavy (non-hydrogen) atoms. The fraction of sp³-hybridized carbons (Fsp3) is 0.417. The predicted octanol–water partition coefficient (Wildman–Crippen LogP) is -1.36. The monoisotopic (exact) mass is 298 g/mol. The van der Waals surface area contributed by atoms with E-state index in [-0.39, 0.29) is 10.5 Å². The van der Waals surface area contributed by atoms with Crippen molar-refractivity contribution in [3.63, 3.8) is 0 Å². The van der Waals surface area contributed by atoms with Crippen molar-refractivity contribution in [3.05, 3.63) is 28.7 Å². The number of nitrogens with zero attached hydrogens (tertiary/aromatic N) is 1. The van der Waals surface area contributed by atoms with Gasteiger partial charge in [0.05, 0.1) is 43.6 Å². The lowest BCUT2D eigenvalue weighted by Crippen LogP contribution is -3.12. The van der Waals surface area contributed by atoms with Crippen LogP contribution in [0.4, 0.5) is 0 Å². The van der Waals surface area contributed by atoms with Crippen LogP contribution >= 0.6 is 0 Å². The van der Waals surface area contributed by atoms with Gasteiger partial charge in [-0.05, 0) is 12.1 Å². The maximum atomic E-state index is 12.5. The molecule has 1 aliphatic heterocycles. The summed E-state index contributed by atoms with van der Waals surface area (Å²) in [5, 5.41) is 0. The van der Waals surface area contributed by atoms with E-state index in [1.165, 1.54) is 21.3 Å². The van der Waals surface area contributed by atoms with Crippen molar-refractivity contribution < 1.29 is 17.7 Å². The molecule has 3 rings (SSSR count). The van der Waals surface area contributed by atoms with E-state index in [4.69, 9.17) is 4.42 Å². The van der Waals surface area contributed by atoms with Crippen LogP contribution in [0.5, 0.6) is 0 Å². The Morgan fingerprint density at radius 3 is 2.70 bits per heavy atom. The number of benzene rings is 1. The number of sulfonamides is 1. The summed E-state index contributed by atoms with van der Waals surface area (Å²) in [4.78, 5) is 15.1. The molecular formula is C12H16N3O4S+. The lowest BCUT2D eigenvalue weighted by molar-refractivity contribution is -0.883. The number of hydrogen-bond acceptors (Lipinski definition) is 4. The second-order valence-corrected chi connectivity index (χ2v) is 6.97. The molecule has 0 saturated carbocycles. The number of likely N-dealkylation sites (N-methyl/N-ethyl adjacent to an activating group) is 1. The Morgan fingerprint density at radius 1 is 1.30 bits per heavy atom. The Labute approximate surface area is 115 Å². The van der Waals surface area contributed by atoms with Gasteiger partial charge in [0.25, 0.3) is 0 Å². The zero-order valence-corrected chi connectivity index (χ0v) is 11.9. The summed E-state index contributed by atoms with van der Waals surface area (Å²) in [7, 11) is -1.48. The summed E-state index contributed by atoms with van der Waals surface area (Å²) in [6.45, 7) is 2.59. The quantitative estimate of drug-likeness (QED) is 0.717. The number of aromatic amines is 1. The van der Waals surface area contributed by atoms with Gasteiger partial charge < -0.3 is 9.32 Å². The lowest BCUT2D eigenvalue weighted by atomic mass is 10.3. The summed E-state index contributed by atoms with van der Waals surface area (Å²) in [5.74, 6) is -0.585. The van der Waals surface area contributed by atoms with Gasteiger partial charge in [0.2, 0.25) is 10.0 Å². The zero-order valence-electron chi connectivity index (χ0n) is 11.0. The van der Waals surface area contributed by atoms with Crippen molar-refractivity contribution in [2.24, 2.45) is 0 Å². The first-order chi connectivity index (χ1) is 9.46. The van der Waals surface area contributed by atoms with Gasteiger partial charge in [-0.2, -0.15) is 4.31 Å². The number of nitrogens with one attached hydrogen (secondary N) is 2. The van der Waals surface area contributed by atoms with Gasteiger partial charge in [-0.15, -0.1) is 0 Å². The molecule has 0 atom stereocenters. The van der Waals surface area contributed by atoms with Gasteiger partial charge in [0.1, 0.15) is 0 Å². The predicted molar refractivity (Wildman–Crippen MR) is 72.2 cm³/mol. The Morgan fingerprint density at radius 2 is 2.00 bits per heavy atom. The first kappa shape index (κ1) is 13.3. The summed E-state index contributed by atoms with van der Waals surface area (Å²) >= 11 is 0. The van der Waals surface area contributed by atoms with Crippen molar-refractivity contribution in [1.29, 1.82) is 0 Å². The topological polar surface area (TPSA) is 87.8 Å². The van der Waals surface area contributed by atoms with E-state index in [1.54, 1.807) is 6.07 Å². The number of aromatic nitrogens is 1. The van der Waals surface area contributed by atoms with Crippen LogP contribution < -0.4 is 10.7 Å². The molecule has 1 aliphatic rings.